The Labute approximate surface area is 144 Å². The number of aromatic amines is 1. The Morgan fingerprint density at radius 2 is 1.96 bits per heavy atom. The van der Waals surface area contributed by atoms with Gasteiger partial charge in [-0.15, -0.1) is 11.8 Å². The van der Waals surface area contributed by atoms with Gasteiger partial charge in [-0.2, -0.15) is 0 Å². The van der Waals surface area contributed by atoms with Gasteiger partial charge in [0, 0.05) is 10.6 Å². The monoisotopic (exact) mass is 349 g/mol. The molecule has 2 rings (SSSR count). The van der Waals surface area contributed by atoms with E-state index < -0.39 is 11.2 Å². The van der Waals surface area contributed by atoms with Crippen molar-refractivity contribution in [1.29, 1.82) is 0 Å². The molecule has 0 bridgehead atoms. The molecule has 2 aromatic rings. The van der Waals surface area contributed by atoms with Gasteiger partial charge in [-0.05, 0) is 45.4 Å². The van der Waals surface area contributed by atoms with Crippen LogP contribution in [0.15, 0.2) is 29.2 Å². The molecule has 0 amide bonds. The Balaban J connectivity index is 2.25. The summed E-state index contributed by atoms with van der Waals surface area (Å²) in [5, 5.41) is -0.492. The molecule has 0 spiro atoms. The number of nitrogens with one attached hydrogen (secondary N) is 1. The minimum absolute atomic E-state index is 0.181. The van der Waals surface area contributed by atoms with Crippen molar-refractivity contribution in [3.63, 3.8) is 0 Å². The average molecular weight is 349 g/mol. The minimum atomic E-state index is -0.492. The first-order valence-corrected chi connectivity index (χ1v) is 8.56. The quantitative estimate of drug-likeness (QED) is 0.480. The van der Waals surface area contributed by atoms with Crippen molar-refractivity contribution >= 4 is 23.5 Å². The van der Waals surface area contributed by atoms with Crippen molar-refractivity contribution in [2.45, 2.75) is 37.8 Å². The van der Waals surface area contributed by atoms with Crippen LogP contribution in [0, 0.1) is 19.7 Å². The predicted octanol–water partition coefficient (Wildman–Crippen LogP) is 4.31. The Kier molecular flexibility index (Phi) is 5.83. The SMILES string of the molecule is CCOC(=O)c1c(C)[nH]c(C(=O)[C@@H](C)Sc2ccccc2F)c1C. The van der Waals surface area contributed by atoms with Gasteiger partial charge >= 0.3 is 5.97 Å². The lowest BCUT2D eigenvalue weighted by atomic mass is 10.1. The van der Waals surface area contributed by atoms with Gasteiger partial charge in [0.15, 0.2) is 5.78 Å². The molecule has 1 aromatic heterocycles. The molecule has 0 aliphatic heterocycles. The molecule has 6 heteroatoms. The normalized spacial score (nSPS) is 12.0. The molecule has 0 saturated heterocycles. The highest BCUT2D eigenvalue weighted by Gasteiger charge is 2.26. The molecule has 1 heterocycles. The van der Waals surface area contributed by atoms with E-state index in [9.17, 15) is 14.0 Å². The van der Waals surface area contributed by atoms with E-state index in [1.54, 1.807) is 45.9 Å². The van der Waals surface area contributed by atoms with E-state index in [1.165, 1.54) is 6.07 Å². The van der Waals surface area contributed by atoms with Crippen molar-refractivity contribution in [3.8, 4) is 0 Å². The van der Waals surface area contributed by atoms with Gasteiger partial charge in [-0.25, -0.2) is 9.18 Å². The van der Waals surface area contributed by atoms with Crippen LogP contribution >= 0.6 is 11.8 Å². The van der Waals surface area contributed by atoms with Crippen LogP contribution in [0.5, 0.6) is 0 Å². The first-order chi connectivity index (χ1) is 11.4. The third-order valence-corrected chi connectivity index (χ3v) is 4.83. The Hall–Kier alpha value is -2.08. The molecule has 24 heavy (non-hydrogen) atoms. The summed E-state index contributed by atoms with van der Waals surface area (Å²) in [6.07, 6.45) is 0. The van der Waals surface area contributed by atoms with Crippen molar-refractivity contribution in [1.82, 2.24) is 4.98 Å². The first kappa shape index (κ1) is 18.3. The van der Waals surface area contributed by atoms with Gasteiger partial charge in [0.05, 0.1) is 23.1 Å². The van der Waals surface area contributed by atoms with Crippen LogP contribution < -0.4 is 0 Å². The molecular weight excluding hydrogens is 329 g/mol. The molecule has 0 aliphatic rings. The number of rotatable bonds is 6. The van der Waals surface area contributed by atoms with Crippen LogP contribution in [-0.2, 0) is 4.74 Å². The van der Waals surface area contributed by atoms with E-state index in [2.05, 4.69) is 4.98 Å². The number of H-pyrrole nitrogens is 1. The van der Waals surface area contributed by atoms with Crippen molar-refractivity contribution < 1.29 is 18.7 Å². The number of ether oxygens (including phenoxy) is 1. The molecule has 0 fully saturated rings. The van der Waals surface area contributed by atoms with Gasteiger partial charge in [0.2, 0.25) is 0 Å². The maximum absolute atomic E-state index is 13.8. The van der Waals surface area contributed by atoms with E-state index in [4.69, 9.17) is 4.74 Å². The van der Waals surface area contributed by atoms with Gasteiger partial charge in [-0.3, -0.25) is 4.79 Å². The first-order valence-electron chi connectivity index (χ1n) is 7.68. The zero-order chi connectivity index (χ0) is 17.9. The molecule has 1 atom stereocenters. The number of halogens is 1. The van der Waals surface area contributed by atoms with Gasteiger partial charge in [0.25, 0.3) is 0 Å². The topological polar surface area (TPSA) is 59.2 Å². The lowest BCUT2D eigenvalue weighted by molar-refractivity contribution is 0.0525. The number of esters is 1. The Bertz CT molecular complexity index is 770. The van der Waals surface area contributed by atoms with E-state index in [-0.39, 0.29) is 18.2 Å². The molecule has 0 saturated carbocycles. The second-order valence-electron chi connectivity index (χ2n) is 5.40. The molecule has 0 aliphatic carbocycles. The van der Waals surface area contributed by atoms with Crippen LogP contribution in [0.25, 0.3) is 0 Å². The highest BCUT2D eigenvalue weighted by Crippen LogP contribution is 2.29. The van der Waals surface area contributed by atoms with E-state index in [0.717, 1.165) is 11.8 Å². The largest absolute Gasteiger partial charge is 0.462 e. The second-order valence-corrected chi connectivity index (χ2v) is 6.78. The van der Waals surface area contributed by atoms with Crippen molar-refractivity contribution in [3.05, 3.63) is 52.6 Å². The fourth-order valence-electron chi connectivity index (χ4n) is 2.49. The molecule has 1 N–H and O–H groups in total. The summed E-state index contributed by atoms with van der Waals surface area (Å²) < 4.78 is 18.8. The van der Waals surface area contributed by atoms with E-state index in [0.29, 0.717) is 27.4 Å². The predicted molar refractivity (Wildman–Crippen MR) is 92.3 cm³/mol. The highest BCUT2D eigenvalue weighted by atomic mass is 32.2. The lowest BCUT2D eigenvalue weighted by Crippen LogP contribution is -2.15. The van der Waals surface area contributed by atoms with E-state index >= 15 is 0 Å². The lowest BCUT2D eigenvalue weighted by Gasteiger charge is -2.11. The Morgan fingerprint density at radius 1 is 1.29 bits per heavy atom. The summed E-state index contributed by atoms with van der Waals surface area (Å²) in [5.41, 5.74) is 1.92. The third-order valence-electron chi connectivity index (χ3n) is 3.67. The second kappa shape index (κ2) is 7.66. The summed E-state index contributed by atoms with van der Waals surface area (Å²) in [6, 6.07) is 6.34. The number of carbonyl (C=O) groups excluding carboxylic acids is 2. The number of hydrogen-bond donors (Lipinski definition) is 1. The number of Topliss-reactive ketones (excluding diaryl/α,β-unsaturated/α-hetero) is 1. The molecule has 0 radical (unpaired) electrons. The molecule has 4 nitrogen and oxygen atoms in total. The number of aryl methyl sites for hydroxylation is 1. The van der Waals surface area contributed by atoms with Gasteiger partial charge < -0.3 is 9.72 Å². The van der Waals surface area contributed by atoms with Crippen LogP contribution in [0.4, 0.5) is 4.39 Å². The number of ketones is 1. The molecular formula is C18H20FNO3S. The fraction of sp³-hybridized carbons (Fsp3) is 0.333. The Morgan fingerprint density at radius 3 is 2.58 bits per heavy atom. The van der Waals surface area contributed by atoms with Crippen molar-refractivity contribution in [2.24, 2.45) is 0 Å². The van der Waals surface area contributed by atoms with Crippen LogP contribution in [0.2, 0.25) is 0 Å². The molecule has 128 valence electrons. The third kappa shape index (κ3) is 3.70. The zero-order valence-electron chi connectivity index (χ0n) is 14.1. The van der Waals surface area contributed by atoms with Crippen LogP contribution in [0.3, 0.4) is 0 Å². The van der Waals surface area contributed by atoms with Gasteiger partial charge in [0.1, 0.15) is 5.82 Å². The van der Waals surface area contributed by atoms with Crippen LogP contribution in [-0.4, -0.2) is 28.6 Å². The number of hydrogen-bond acceptors (Lipinski definition) is 4. The number of thioether (sulfide) groups is 1. The highest BCUT2D eigenvalue weighted by molar-refractivity contribution is 8.00. The fourth-order valence-corrected chi connectivity index (χ4v) is 3.44. The minimum Gasteiger partial charge on any atom is -0.462 e. The number of aromatic nitrogens is 1. The summed E-state index contributed by atoms with van der Waals surface area (Å²) in [4.78, 5) is 28.1. The summed E-state index contributed by atoms with van der Waals surface area (Å²) in [7, 11) is 0. The maximum atomic E-state index is 13.8. The smallest absolute Gasteiger partial charge is 0.340 e. The van der Waals surface area contributed by atoms with E-state index in [1.807, 2.05) is 0 Å². The van der Waals surface area contributed by atoms with Crippen molar-refractivity contribution in [2.75, 3.05) is 6.61 Å². The van der Waals surface area contributed by atoms with Gasteiger partial charge in [-0.1, -0.05) is 12.1 Å². The molecule has 0 unspecified atom stereocenters. The zero-order valence-corrected chi connectivity index (χ0v) is 14.9. The summed E-state index contributed by atoms with van der Waals surface area (Å²) in [5.74, 6) is -0.981. The standard InChI is InChI=1S/C18H20FNO3S/c1-5-23-18(22)15-10(2)16(20-11(15)3)17(21)12(4)24-14-9-7-6-8-13(14)19/h6-9,12,20H,5H2,1-4H3/t12-/m1/s1. The summed E-state index contributed by atoms with van der Waals surface area (Å²) >= 11 is 1.15. The number of carbonyl (C=O) groups is 2. The number of benzene rings is 1. The van der Waals surface area contributed by atoms with Crippen LogP contribution in [0.1, 0.15) is 46.0 Å². The maximum Gasteiger partial charge on any atom is 0.340 e. The average Bonchev–Trinajstić information content (AvgIpc) is 2.83. The summed E-state index contributed by atoms with van der Waals surface area (Å²) in [6.45, 7) is 7.16. The molecule has 1 aromatic carbocycles.